The van der Waals surface area contributed by atoms with Gasteiger partial charge in [0, 0.05) is 37.3 Å². The molecule has 0 aromatic heterocycles. The fourth-order valence-corrected chi connectivity index (χ4v) is 5.13. The molecule has 1 atom stereocenters. The molecule has 5 rings (SSSR count). The van der Waals surface area contributed by atoms with Crippen LogP contribution >= 0.6 is 0 Å². The number of nitrogens with zero attached hydrogens (tertiary/aromatic N) is 2. The van der Waals surface area contributed by atoms with E-state index in [2.05, 4.69) is 64.4 Å². The summed E-state index contributed by atoms with van der Waals surface area (Å²) in [6.07, 6.45) is 3.89. The largest absolute Gasteiger partial charge is 0.497 e. The van der Waals surface area contributed by atoms with Crippen LogP contribution in [0.5, 0.6) is 5.75 Å². The molecular formula is C26H30N2O. The Hall–Kier alpha value is -2.52. The van der Waals surface area contributed by atoms with E-state index in [9.17, 15) is 0 Å². The minimum atomic E-state index is 0.759. The third kappa shape index (κ3) is 3.72. The van der Waals surface area contributed by atoms with E-state index in [1.54, 1.807) is 18.2 Å². The van der Waals surface area contributed by atoms with Gasteiger partial charge in [0.05, 0.1) is 7.11 Å². The van der Waals surface area contributed by atoms with Crippen LogP contribution in [-0.4, -0.2) is 44.7 Å². The number of benzene rings is 3. The highest BCUT2D eigenvalue weighted by molar-refractivity contribution is 5.95. The molecule has 3 nitrogen and oxygen atoms in total. The van der Waals surface area contributed by atoms with Crippen LogP contribution in [0.2, 0.25) is 0 Å². The van der Waals surface area contributed by atoms with E-state index in [1.807, 2.05) is 6.07 Å². The summed E-state index contributed by atoms with van der Waals surface area (Å²) in [4.78, 5) is 5.20. The van der Waals surface area contributed by atoms with Gasteiger partial charge in [0.25, 0.3) is 0 Å². The van der Waals surface area contributed by atoms with Crippen LogP contribution in [0.15, 0.2) is 60.7 Å². The van der Waals surface area contributed by atoms with E-state index in [0.29, 0.717) is 0 Å². The standard InChI is InChI=1S/C26H30N2O/c1-29-23-12-11-21-6-4-8-26(25(21)19-23)28-17-15-27(16-18-28)14-13-22-10-9-20-5-2-3-7-24(20)22/h2-8,11-12,19,22H,9-10,13-18H2,1H3. The van der Waals surface area contributed by atoms with Crippen molar-refractivity contribution in [3.05, 3.63) is 71.8 Å². The van der Waals surface area contributed by atoms with Gasteiger partial charge in [-0.2, -0.15) is 0 Å². The summed E-state index contributed by atoms with van der Waals surface area (Å²) in [5, 5.41) is 2.58. The fraction of sp³-hybridized carbons (Fsp3) is 0.385. The first-order chi connectivity index (χ1) is 14.3. The SMILES string of the molecule is COc1ccc2cccc(N3CCN(CCC4CCc5ccccc54)CC3)c2c1. The minimum Gasteiger partial charge on any atom is -0.497 e. The molecule has 0 bridgehead atoms. The average Bonchev–Trinajstić information content (AvgIpc) is 3.20. The van der Waals surface area contributed by atoms with E-state index < -0.39 is 0 Å². The Morgan fingerprint density at radius 2 is 1.79 bits per heavy atom. The lowest BCUT2D eigenvalue weighted by molar-refractivity contribution is 0.248. The monoisotopic (exact) mass is 386 g/mol. The molecule has 1 aliphatic heterocycles. The second-order valence-corrected chi connectivity index (χ2v) is 8.42. The molecule has 1 aliphatic carbocycles. The second kappa shape index (κ2) is 8.08. The maximum absolute atomic E-state index is 5.46. The number of rotatable bonds is 5. The molecule has 1 unspecified atom stereocenters. The molecule has 0 radical (unpaired) electrons. The molecule has 1 saturated heterocycles. The van der Waals surface area contributed by atoms with E-state index >= 15 is 0 Å². The van der Waals surface area contributed by atoms with Gasteiger partial charge < -0.3 is 9.64 Å². The van der Waals surface area contributed by atoms with Crippen LogP contribution in [0, 0.1) is 0 Å². The van der Waals surface area contributed by atoms with Crippen molar-refractivity contribution in [3.63, 3.8) is 0 Å². The summed E-state index contributed by atoms with van der Waals surface area (Å²) in [7, 11) is 1.74. The molecule has 150 valence electrons. The molecule has 1 heterocycles. The van der Waals surface area contributed by atoms with Crippen molar-refractivity contribution < 1.29 is 4.74 Å². The van der Waals surface area contributed by atoms with Crippen LogP contribution < -0.4 is 9.64 Å². The van der Waals surface area contributed by atoms with E-state index in [-0.39, 0.29) is 0 Å². The Bertz CT molecular complexity index is 991. The smallest absolute Gasteiger partial charge is 0.119 e. The van der Waals surface area contributed by atoms with Gasteiger partial charge in [-0.15, -0.1) is 0 Å². The third-order valence-electron chi connectivity index (χ3n) is 6.83. The third-order valence-corrected chi connectivity index (χ3v) is 6.83. The van der Waals surface area contributed by atoms with Crippen LogP contribution in [0.3, 0.4) is 0 Å². The Kier molecular flexibility index (Phi) is 5.15. The van der Waals surface area contributed by atoms with Crippen molar-refractivity contribution in [2.45, 2.75) is 25.2 Å². The molecule has 2 aliphatic rings. The summed E-state index contributed by atoms with van der Waals surface area (Å²) in [6.45, 7) is 5.70. The van der Waals surface area contributed by atoms with E-state index in [4.69, 9.17) is 4.74 Å². The van der Waals surface area contributed by atoms with Gasteiger partial charge in [0.2, 0.25) is 0 Å². The highest BCUT2D eigenvalue weighted by atomic mass is 16.5. The molecule has 3 aromatic rings. The number of ether oxygens (including phenoxy) is 1. The average molecular weight is 387 g/mol. The second-order valence-electron chi connectivity index (χ2n) is 8.42. The van der Waals surface area contributed by atoms with Crippen molar-refractivity contribution in [1.29, 1.82) is 0 Å². The lowest BCUT2D eigenvalue weighted by Crippen LogP contribution is -2.46. The summed E-state index contributed by atoms with van der Waals surface area (Å²) < 4.78 is 5.46. The first-order valence-electron chi connectivity index (χ1n) is 10.9. The maximum Gasteiger partial charge on any atom is 0.119 e. The van der Waals surface area contributed by atoms with Crippen LogP contribution in [0.25, 0.3) is 10.8 Å². The molecule has 0 amide bonds. The Labute approximate surface area is 173 Å². The van der Waals surface area contributed by atoms with Gasteiger partial charge in [-0.3, -0.25) is 4.90 Å². The lowest BCUT2D eigenvalue weighted by Gasteiger charge is -2.37. The first kappa shape index (κ1) is 18.5. The van der Waals surface area contributed by atoms with Gasteiger partial charge in [-0.25, -0.2) is 0 Å². The molecule has 0 N–H and O–H groups in total. The van der Waals surface area contributed by atoms with Crippen molar-refractivity contribution in [2.75, 3.05) is 44.7 Å². The topological polar surface area (TPSA) is 15.7 Å². The number of anilines is 1. The molecule has 0 spiro atoms. The maximum atomic E-state index is 5.46. The van der Waals surface area contributed by atoms with Gasteiger partial charge in [-0.05, 0) is 66.4 Å². The summed E-state index contributed by atoms with van der Waals surface area (Å²) in [6, 6.07) is 22.0. The zero-order chi connectivity index (χ0) is 19.6. The van der Waals surface area contributed by atoms with Gasteiger partial charge in [0.1, 0.15) is 5.75 Å². The molecule has 3 aromatic carbocycles. The van der Waals surface area contributed by atoms with Crippen LogP contribution in [-0.2, 0) is 6.42 Å². The predicted molar refractivity (Wildman–Crippen MR) is 121 cm³/mol. The van der Waals surface area contributed by atoms with Gasteiger partial charge >= 0.3 is 0 Å². The number of hydrogen-bond donors (Lipinski definition) is 0. The molecule has 1 fully saturated rings. The molecular weight excluding hydrogens is 356 g/mol. The van der Waals surface area contributed by atoms with Crippen molar-refractivity contribution in [2.24, 2.45) is 0 Å². The quantitative estimate of drug-likeness (QED) is 0.607. The Morgan fingerprint density at radius 3 is 2.66 bits per heavy atom. The lowest BCUT2D eigenvalue weighted by atomic mass is 9.97. The van der Waals surface area contributed by atoms with Crippen molar-refractivity contribution in [3.8, 4) is 5.75 Å². The van der Waals surface area contributed by atoms with Gasteiger partial charge in [0.15, 0.2) is 0 Å². The Morgan fingerprint density at radius 1 is 0.931 bits per heavy atom. The highest BCUT2D eigenvalue weighted by Gasteiger charge is 2.24. The number of aryl methyl sites for hydroxylation is 1. The normalized spacial score (nSPS) is 19.5. The number of methoxy groups -OCH3 is 1. The summed E-state index contributed by atoms with van der Waals surface area (Å²) in [5.41, 5.74) is 4.52. The van der Waals surface area contributed by atoms with Gasteiger partial charge in [-0.1, -0.05) is 42.5 Å². The molecule has 3 heteroatoms. The summed E-state index contributed by atoms with van der Waals surface area (Å²) in [5.74, 6) is 1.69. The minimum absolute atomic E-state index is 0.759. The van der Waals surface area contributed by atoms with Crippen LogP contribution in [0.1, 0.15) is 29.9 Å². The van der Waals surface area contributed by atoms with Crippen LogP contribution in [0.4, 0.5) is 5.69 Å². The zero-order valence-electron chi connectivity index (χ0n) is 17.3. The van der Waals surface area contributed by atoms with Crippen molar-refractivity contribution >= 4 is 16.5 Å². The fourth-order valence-electron chi connectivity index (χ4n) is 5.13. The van der Waals surface area contributed by atoms with Crippen molar-refractivity contribution in [1.82, 2.24) is 4.90 Å². The predicted octanol–water partition coefficient (Wildman–Crippen LogP) is 5.09. The number of hydrogen-bond acceptors (Lipinski definition) is 3. The number of fused-ring (bicyclic) bond motifs is 2. The highest BCUT2D eigenvalue weighted by Crippen LogP contribution is 2.35. The number of piperazine rings is 1. The molecule has 0 saturated carbocycles. The zero-order valence-corrected chi connectivity index (χ0v) is 17.3. The summed E-state index contributed by atoms with van der Waals surface area (Å²) >= 11 is 0. The molecule has 29 heavy (non-hydrogen) atoms. The van der Waals surface area contributed by atoms with E-state index in [1.165, 1.54) is 42.3 Å². The van der Waals surface area contributed by atoms with E-state index in [0.717, 1.165) is 37.8 Å². The Balaban J connectivity index is 1.22. The first-order valence-corrected chi connectivity index (χ1v) is 10.9.